The van der Waals surface area contributed by atoms with Crippen molar-refractivity contribution in [2.75, 3.05) is 0 Å². The zero-order chi connectivity index (χ0) is 16.5. The molecule has 0 saturated heterocycles. The van der Waals surface area contributed by atoms with Gasteiger partial charge in [0.25, 0.3) is 0 Å². The number of nitrogens with zero attached hydrogens (tertiary/aromatic N) is 1. The summed E-state index contributed by atoms with van der Waals surface area (Å²) >= 11 is 0. The molecule has 0 aliphatic rings. The molecule has 0 bridgehead atoms. The van der Waals surface area contributed by atoms with E-state index in [1.165, 1.54) is 83.5 Å². The average molecular weight is 312 g/mol. The van der Waals surface area contributed by atoms with Gasteiger partial charge >= 0.3 is 0 Å². The van der Waals surface area contributed by atoms with Gasteiger partial charge in [0.05, 0.1) is 5.71 Å². The van der Waals surface area contributed by atoms with Crippen molar-refractivity contribution in [3.63, 3.8) is 0 Å². The maximum atomic E-state index is 9.01. The maximum absolute atomic E-state index is 9.01. The van der Waals surface area contributed by atoms with E-state index < -0.39 is 0 Å². The van der Waals surface area contributed by atoms with Crippen molar-refractivity contribution in [2.45, 2.75) is 117 Å². The smallest absolute Gasteiger partial charge is 0.0598 e. The van der Waals surface area contributed by atoms with Gasteiger partial charge in [0.15, 0.2) is 0 Å². The van der Waals surface area contributed by atoms with Crippen LogP contribution in [0.25, 0.3) is 0 Å². The van der Waals surface area contributed by atoms with E-state index in [2.05, 4.69) is 25.9 Å². The van der Waals surface area contributed by atoms with E-state index in [4.69, 9.17) is 5.21 Å². The summed E-state index contributed by atoms with van der Waals surface area (Å²) in [6, 6.07) is 0. The third-order valence-electron chi connectivity index (χ3n) is 4.86. The molecule has 2 heteroatoms. The van der Waals surface area contributed by atoms with Crippen molar-refractivity contribution in [2.24, 2.45) is 11.1 Å². The van der Waals surface area contributed by atoms with E-state index >= 15 is 0 Å². The highest BCUT2D eigenvalue weighted by Gasteiger charge is 2.12. The van der Waals surface area contributed by atoms with Crippen LogP contribution >= 0.6 is 0 Å². The molecule has 0 fully saturated rings. The van der Waals surface area contributed by atoms with Crippen LogP contribution in [-0.4, -0.2) is 10.9 Å². The van der Waals surface area contributed by atoms with Crippen molar-refractivity contribution in [3.8, 4) is 0 Å². The molecule has 0 rings (SSSR count). The Balaban J connectivity index is 3.35. The van der Waals surface area contributed by atoms with Crippen molar-refractivity contribution < 1.29 is 5.21 Å². The number of rotatable bonds is 16. The summed E-state index contributed by atoms with van der Waals surface area (Å²) in [7, 11) is 0. The largest absolute Gasteiger partial charge is 0.411 e. The Hall–Kier alpha value is -0.530. The van der Waals surface area contributed by atoms with Gasteiger partial charge in [-0.3, -0.25) is 0 Å². The minimum absolute atomic E-state index is 0.498. The first kappa shape index (κ1) is 21.5. The lowest BCUT2D eigenvalue weighted by Crippen LogP contribution is -2.13. The molecule has 0 radical (unpaired) electrons. The third-order valence-corrected chi connectivity index (χ3v) is 4.86. The zero-order valence-electron chi connectivity index (χ0n) is 15.6. The predicted octanol–water partition coefficient (Wildman–Crippen LogP) is 7.34. The molecule has 1 unspecified atom stereocenters. The van der Waals surface area contributed by atoms with E-state index in [-0.39, 0.29) is 0 Å². The Bertz CT molecular complexity index is 250. The second-order valence-electron chi connectivity index (χ2n) is 6.73. The lowest BCUT2D eigenvalue weighted by molar-refractivity contribution is 0.311. The summed E-state index contributed by atoms with van der Waals surface area (Å²) in [4.78, 5) is 0. The molecule has 0 amide bonds. The zero-order valence-corrected chi connectivity index (χ0v) is 15.6. The second kappa shape index (κ2) is 16.8. The van der Waals surface area contributed by atoms with Crippen LogP contribution in [-0.2, 0) is 0 Å². The van der Waals surface area contributed by atoms with Crippen LogP contribution in [0.15, 0.2) is 5.16 Å². The van der Waals surface area contributed by atoms with Crippen LogP contribution in [0.5, 0.6) is 0 Å². The Morgan fingerprint density at radius 1 is 0.727 bits per heavy atom. The predicted molar refractivity (Wildman–Crippen MR) is 99.0 cm³/mol. The molecule has 0 heterocycles. The van der Waals surface area contributed by atoms with Gasteiger partial charge in [-0.1, -0.05) is 103 Å². The number of hydrogen-bond acceptors (Lipinski definition) is 2. The Kier molecular flexibility index (Phi) is 16.4. The molecule has 22 heavy (non-hydrogen) atoms. The molecule has 0 spiro atoms. The van der Waals surface area contributed by atoms with Crippen LogP contribution in [0.2, 0.25) is 0 Å². The molecule has 0 aliphatic heterocycles. The minimum Gasteiger partial charge on any atom is -0.411 e. The highest BCUT2D eigenvalue weighted by molar-refractivity contribution is 5.85. The third kappa shape index (κ3) is 12.1. The second-order valence-corrected chi connectivity index (χ2v) is 6.73. The van der Waals surface area contributed by atoms with E-state index in [0.717, 1.165) is 18.6 Å². The van der Waals surface area contributed by atoms with E-state index in [0.29, 0.717) is 5.92 Å². The van der Waals surface area contributed by atoms with Crippen LogP contribution < -0.4 is 0 Å². The topological polar surface area (TPSA) is 32.6 Å². The van der Waals surface area contributed by atoms with Gasteiger partial charge in [0.2, 0.25) is 0 Å². The van der Waals surface area contributed by atoms with Crippen LogP contribution in [0.3, 0.4) is 0 Å². The molecule has 132 valence electrons. The molecule has 0 aromatic carbocycles. The summed E-state index contributed by atoms with van der Waals surface area (Å²) in [6.45, 7) is 6.56. The Morgan fingerprint density at radius 3 is 1.55 bits per heavy atom. The SMILES string of the molecule is CCCCCCCCCCCCCCC(CC)/C(CC)=N/O. The number of oxime groups is 1. The quantitative estimate of drug-likeness (QED) is 0.137. The van der Waals surface area contributed by atoms with Crippen LogP contribution in [0, 0.1) is 5.92 Å². The first-order valence-corrected chi connectivity index (χ1v) is 10.0. The van der Waals surface area contributed by atoms with E-state index in [1.807, 2.05) is 0 Å². The van der Waals surface area contributed by atoms with Crippen LogP contribution in [0.1, 0.15) is 117 Å². The van der Waals surface area contributed by atoms with Crippen molar-refractivity contribution >= 4 is 5.71 Å². The summed E-state index contributed by atoms with van der Waals surface area (Å²) < 4.78 is 0. The molecule has 1 N–H and O–H groups in total. The molecule has 2 nitrogen and oxygen atoms in total. The first-order chi connectivity index (χ1) is 10.8. The van der Waals surface area contributed by atoms with Crippen LogP contribution in [0.4, 0.5) is 0 Å². The number of hydrogen-bond donors (Lipinski definition) is 1. The number of unbranched alkanes of at least 4 members (excludes halogenated alkanes) is 11. The fourth-order valence-electron chi connectivity index (χ4n) is 3.28. The summed E-state index contributed by atoms with van der Waals surface area (Å²) in [5.41, 5.74) is 0.991. The monoisotopic (exact) mass is 311 g/mol. The molecule has 0 aromatic rings. The first-order valence-electron chi connectivity index (χ1n) is 10.0. The molecular formula is C20H41NO. The van der Waals surface area contributed by atoms with E-state index in [9.17, 15) is 0 Å². The van der Waals surface area contributed by atoms with Gasteiger partial charge in [0, 0.05) is 5.92 Å². The van der Waals surface area contributed by atoms with Gasteiger partial charge < -0.3 is 5.21 Å². The molecule has 1 atom stereocenters. The highest BCUT2D eigenvalue weighted by Crippen LogP contribution is 2.18. The van der Waals surface area contributed by atoms with Crippen molar-refractivity contribution in [3.05, 3.63) is 0 Å². The minimum atomic E-state index is 0.498. The summed E-state index contributed by atoms with van der Waals surface area (Å²) in [5, 5.41) is 12.5. The van der Waals surface area contributed by atoms with Crippen molar-refractivity contribution in [1.82, 2.24) is 0 Å². The van der Waals surface area contributed by atoms with Gasteiger partial charge in [-0.25, -0.2) is 0 Å². The summed E-state index contributed by atoms with van der Waals surface area (Å²) in [6.07, 6.45) is 20.0. The van der Waals surface area contributed by atoms with Crippen molar-refractivity contribution in [1.29, 1.82) is 0 Å². The Morgan fingerprint density at radius 2 is 1.18 bits per heavy atom. The van der Waals surface area contributed by atoms with Gasteiger partial charge in [-0.05, 0) is 19.3 Å². The lowest BCUT2D eigenvalue weighted by Gasteiger charge is -2.14. The molecule has 0 aliphatic carbocycles. The standard InChI is InChI=1S/C20H41NO/c1-4-7-8-9-10-11-12-13-14-15-16-17-18-19(5-2)20(6-3)21-22/h19,22H,4-18H2,1-3H3/b21-20+. The molecule has 0 aromatic heterocycles. The fraction of sp³-hybridized carbons (Fsp3) is 0.950. The lowest BCUT2D eigenvalue weighted by atomic mass is 9.92. The Labute approximate surface area is 139 Å². The summed E-state index contributed by atoms with van der Waals surface area (Å²) in [5.74, 6) is 0.498. The van der Waals surface area contributed by atoms with E-state index in [1.54, 1.807) is 0 Å². The average Bonchev–Trinajstić information content (AvgIpc) is 2.55. The highest BCUT2D eigenvalue weighted by atomic mass is 16.4. The van der Waals surface area contributed by atoms with Gasteiger partial charge in [-0.15, -0.1) is 0 Å². The normalized spacial score (nSPS) is 13.5. The maximum Gasteiger partial charge on any atom is 0.0598 e. The molecular weight excluding hydrogens is 270 g/mol. The fourth-order valence-corrected chi connectivity index (χ4v) is 3.28. The van der Waals surface area contributed by atoms with Gasteiger partial charge in [-0.2, -0.15) is 0 Å². The molecule has 0 saturated carbocycles. The van der Waals surface area contributed by atoms with Gasteiger partial charge in [0.1, 0.15) is 0 Å².